The summed E-state index contributed by atoms with van der Waals surface area (Å²) in [5.41, 5.74) is -0.728. The fourth-order valence-electron chi connectivity index (χ4n) is 2.09. The quantitative estimate of drug-likeness (QED) is 0.709. The van der Waals surface area contributed by atoms with E-state index in [-0.39, 0.29) is 17.3 Å². The van der Waals surface area contributed by atoms with Gasteiger partial charge >= 0.3 is 0 Å². The third kappa shape index (κ3) is 1.85. The Morgan fingerprint density at radius 3 is 2.94 bits per heavy atom. The molecule has 0 aliphatic carbocycles. The number of benzene rings is 1. The molecular weight excluding hydrogens is 236 g/mol. The highest BCUT2D eigenvalue weighted by atomic mass is 32.2. The summed E-state index contributed by atoms with van der Waals surface area (Å²) in [7, 11) is 0. The minimum atomic E-state index is -0.728. The van der Waals surface area contributed by atoms with E-state index in [1.807, 2.05) is 24.3 Å². The van der Waals surface area contributed by atoms with Crippen LogP contribution in [0.1, 0.15) is 20.3 Å². The molecule has 2 aliphatic rings. The molecule has 0 bridgehead atoms. The van der Waals surface area contributed by atoms with Crippen LogP contribution in [0.3, 0.4) is 0 Å². The van der Waals surface area contributed by atoms with Gasteiger partial charge in [0.15, 0.2) is 5.78 Å². The van der Waals surface area contributed by atoms with E-state index in [9.17, 15) is 4.79 Å². The zero-order valence-electron chi connectivity index (χ0n) is 9.80. The highest BCUT2D eigenvalue weighted by molar-refractivity contribution is 8.00. The Balaban J connectivity index is 1.90. The molecule has 0 aromatic heterocycles. The van der Waals surface area contributed by atoms with Crippen LogP contribution in [-0.4, -0.2) is 22.9 Å². The number of thioether (sulfide) groups is 1. The van der Waals surface area contributed by atoms with Crippen molar-refractivity contribution >= 4 is 17.5 Å². The summed E-state index contributed by atoms with van der Waals surface area (Å²) in [5.74, 6) is 0.998. The van der Waals surface area contributed by atoms with Crippen molar-refractivity contribution in [3.63, 3.8) is 0 Å². The number of rotatable bonds is 0. The Labute approximate surface area is 104 Å². The lowest BCUT2D eigenvalue weighted by atomic mass is 9.95. The SMILES string of the molecule is CC1(C)O[C@H]2Oc3ccccc3S[C@H]2CC1=O. The first-order valence-corrected chi connectivity index (χ1v) is 6.58. The lowest BCUT2D eigenvalue weighted by Crippen LogP contribution is -2.52. The maximum Gasteiger partial charge on any atom is 0.213 e. The van der Waals surface area contributed by atoms with Gasteiger partial charge < -0.3 is 9.47 Å². The van der Waals surface area contributed by atoms with Crippen LogP contribution in [0.4, 0.5) is 0 Å². The third-order valence-electron chi connectivity index (χ3n) is 3.14. The minimum Gasteiger partial charge on any atom is -0.462 e. The molecule has 3 rings (SSSR count). The Hall–Kier alpha value is -1.00. The van der Waals surface area contributed by atoms with Crippen LogP contribution in [-0.2, 0) is 9.53 Å². The lowest BCUT2D eigenvalue weighted by Gasteiger charge is -2.41. The van der Waals surface area contributed by atoms with Crippen molar-refractivity contribution in [3.05, 3.63) is 24.3 Å². The molecular formula is C13H14O3S. The molecule has 4 heteroatoms. The Kier molecular flexibility index (Phi) is 2.45. The van der Waals surface area contributed by atoms with E-state index in [4.69, 9.17) is 9.47 Å². The maximum atomic E-state index is 11.9. The van der Waals surface area contributed by atoms with Gasteiger partial charge in [0.1, 0.15) is 11.4 Å². The molecule has 3 nitrogen and oxygen atoms in total. The van der Waals surface area contributed by atoms with Crippen LogP contribution in [0.25, 0.3) is 0 Å². The van der Waals surface area contributed by atoms with Crippen molar-refractivity contribution in [1.82, 2.24) is 0 Å². The number of ketones is 1. The van der Waals surface area contributed by atoms with Crippen LogP contribution in [0.5, 0.6) is 5.75 Å². The second-order valence-electron chi connectivity index (χ2n) is 4.84. The fourth-order valence-corrected chi connectivity index (χ4v) is 3.26. The van der Waals surface area contributed by atoms with Gasteiger partial charge in [-0.2, -0.15) is 0 Å². The summed E-state index contributed by atoms with van der Waals surface area (Å²) >= 11 is 1.67. The summed E-state index contributed by atoms with van der Waals surface area (Å²) < 4.78 is 11.6. The van der Waals surface area contributed by atoms with E-state index in [1.54, 1.807) is 25.6 Å². The summed E-state index contributed by atoms with van der Waals surface area (Å²) in [4.78, 5) is 13.0. The predicted octanol–water partition coefficient (Wildman–Crippen LogP) is 2.63. The number of para-hydroxylation sites is 1. The molecule has 0 spiro atoms. The highest BCUT2D eigenvalue weighted by Gasteiger charge is 2.45. The first kappa shape index (κ1) is 11.1. The van der Waals surface area contributed by atoms with Gasteiger partial charge in [-0.25, -0.2) is 0 Å². The topological polar surface area (TPSA) is 35.5 Å². The lowest BCUT2D eigenvalue weighted by molar-refractivity contribution is -0.190. The molecule has 2 heterocycles. The van der Waals surface area contributed by atoms with E-state index >= 15 is 0 Å². The van der Waals surface area contributed by atoms with Gasteiger partial charge in [-0.15, -0.1) is 11.8 Å². The second kappa shape index (κ2) is 3.75. The van der Waals surface area contributed by atoms with E-state index < -0.39 is 5.60 Å². The average Bonchev–Trinajstić information content (AvgIpc) is 2.28. The molecule has 1 aromatic rings. The minimum absolute atomic E-state index is 0.0745. The molecule has 1 saturated heterocycles. The van der Waals surface area contributed by atoms with Gasteiger partial charge in [-0.1, -0.05) is 12.1 Å². The third-order valence-corrected chi connectivity index (χ3v) is 4.43. The smallest absolute Gasteiger partial charge is 0.213 e. The summed E-state index contributed by atoms with van der Waals surface area (Å²) in [6.45, 7) is 3.61. The normalized spacial score (nSPS) is 30.1. The number of ether oxygens (including phenoxy) is 2. The summed E-state index contributed by atoms with van der Waals surface area (Å²) in [5, 5.41) is 0.0745. The number of carbonyl (C=O) groups is 1. The first-order chi connectivity index (χ1) is 8.06. The molecule has 0 amide bonds. The molecule has 1 aromatic carbocycles. The van der Waals surface area contributed by atoms with Crippen LogP contribution in [0, 0.1) is 0 Å². The predicted molar refractivity (Wildman–Crippen MR) is 65.3 cm³/mol. The molecule has 0 saturated carbocycles. The largest absolute Gasteiger partial charge is 0.462 e. The van der Waals surface area contributed by atoms with Gasteiger partial charge in [0, 0.05) is 11.3 Å². The molecule has 17 heavy (non-hydrogen) atoms. The molecule has 0 N–H and O–H groups in total. The Morgan fingerprint density at radius 2 is 2.12 bits per heavy atom. The van der Waals surface area contributed by atoms with E-state index in [0.29, 0.717) is 6.42 Å². The zero-order valence-corrected chi connectivity index (χ0v) is 10.6. The van der Waals surface area contributed by atoms with Gasteiger partial charge in [-0.05, 0) is 26.0 Å². The maximum absolute atomic E-state index is 11.9. The number of hydrogen-bond acceptors (Lipinski definition) is 4. The van der Waals surface area contributed by atoms with Crippen LogP contribution >= 0.6 is 11.8 Å². The molecule has 2 aliphatic heterocycles. The van der Waals surface area contributed by atoms with E-state index in [0.717, 1.165) is 10.6 Å². The molecule has 2 atom stereocenters. The van der Waals surface area contributed by atoms with Crippen molar-refractivity contribution in [3.8, 4) is 5.75 Å². The van der Waals surface area contributed by atoms with Crippen molar-refractivity contribution in [2.24, 2.45) is 0 Å². The van der Waals surface area contributed by atoms with Crippen LogP contribution < -0.4 is 4.74 Å². The van der Waals surface area contributed by atoms with Crippen molar-refractivity contribution in [2.45, 2.75) is 42.3 Å². The number of hydrogen-bond donors (Lipinski definition) is 0. The van der Waals surface area contributed by atoms with E-state index in [1.165, 1.54) is 0 Å². The molecule has 1 fully saturated rings. The van der Waals surface area contributed by atoms with Crippen molar-refractivity contribution in [2.75, 3.05) is 0 Å². The molecule has 0 unspecified atom stereocenters. The highest BCUT2D eigenvalue weighted by Crippen LogP contribution is 2.44. The second-order valence-corrected chi connectivity index (χ2v) is 6.13. The molecule has 90 valence electrons. The van der Waals surface area contributed by atoms with Crippen LogP contribution in [0.2, 0.25) is 0 Å². The van der Waals surface area contributed by atoms with Gasteiger partial charge in [0.05, 0.1) is 5.25 Å². The fraction of sp³-hybridized carbons (Fsp3) is 0.462. The number of Topliss-reactive ketones (excluding diaryl/α,β-unsaturated/α-hetero) is 1. The summed E-state index contributed by atoms with van der Waals surface area (Å²) in [6.07, 6.45) is 0.194. The van der Waals surface area contributed by atoms with Gasteiger partial charge in [0.2, 0.25) is 6.29 Å². The van der Waals surface area contributed by atoms with Crippen LogP contribution in [0.15, 0.2) is 29.2 Å². The van der Waals surface area contributed by atoms with Gasteiger partial charge in [0.25, 0.3) is 0 Å². The summed E-state index contributed by atoms with van der Waals surface area (Å²) in [6, 6.07) is 7.87. The Bertz CT molecular complexity index is 469. The standard InChI is InChI=1S/C13H14O3S/c1-13(2)11(14)7-10-12(16-13)15-8-5-3-4-6-9(8)17-10/h3-6,10,12H,7H2,1-2H3/t10-,12+/m0/s1. The van der Waals surface area contributed by atoms with Crippen molar-refractivity contribution in [1.29, 1.82) is 0 Å². The zero-order chi connectivity index (χ0) is 12.0. The number of fused-ring (bicyclic) bond motifs is 2. The monoisotopic (exact) mass is 250 g/mol. The van der Waals surface area contributed by atoms with E-state index in [2.05, 4.69) is 0 Å². The van der Waals surface area contributed by atoms with Crippen molar-refractivity contribution < 1.29 is 14.3 Å². The average molecular weight is 250 g/mol. The Morgan fingerprint density at radius 1 is 1.35 bits per heavy atom. The molecule has 0 radical (unpaired) electrons. The number of carbonyl (C=O) groups excluding carboxylic acids is 1. The van der Waals surface area contributed by atoms with Gasteiger partial charge in [-0.3, -0.25) is 4.79 Å². The first-order valence-electron chi connectivity index (χ1n) is 5.70.